The minimum Gasteiger partial charge on any atom is -0.444 e. The number of nitrogens with zero attached hydrogens (tertiary/aromatic N) is 2. The second-order valence-electron chi connectivity index (χ2n) is 9.43. The number of aromatic nitrogens is 1. The van der Waals surface area contributed by atoms with Gasteiger partial charge in [-0.1, -0.05) is 30.3 Å². The van der Waals surface area contributed by atoms with E-state index in [1.807, 2.05) is 20.8 Å². The largest absolute Gasteiger partial charge is 0.444 e. The summed E-state index contributed by atoms with van der Waals surface area (Å²) >= 11 is 0. The van der Waals surface area contributed by atoms with Crippen LogP contribution in [0.5, 0.6) is 0 Å². The molecule has 2 N–H and O–H groups in total. The van der Waals surface area contributed by atoms with Gasteiger partial charge >= 0.3 is 6.09 Å². The minimum absolute atomic E-state index is 0.213. The zero-order valence-corrected chi connectivity index (χ0v) is 20.1. The monoisotopic (exact) mass is 472 g/mol. The lowest BCUT2D eigenvalue weighted by Gasteiger charge is -2.38. The van der Waals surface area contributed by atoms with Crippen molar-refractivity contribution in [1.29, 1.82) is 0 Å². The summed E-state index contributed by atoms with van der Waals surface area (Å²) in [6, 6.07) is 13.6. The van der Waals surface area contributed by atoms with E-state index < -0.39 is 26.2 Å². The molecule has 0 aliphatic carbocycles. The molecule has 3 aromatic rings. The van der Waals surface area contributed by atoms with Crippen LogP contribution in [0.2, 0.25) is 0 Å². The molecule has 0 unspecified atom stereocenters. The van der Waals surface area contributed by atoms with Crippen molar-refractivity contribution in [2.45, 2.75) is 43.1 Å². The van der Waals surface area contributed by atoms with E-state index in [1.165, 1.54) is 0 Å². The van der Waals surface area contributed by atoms with Crippen molar-refractivity contribution in [1.82, 2.24) is 14.5 Å². The molecule has 0 spiro atoms. The zero-order chi connectivity index (χ0) is 24.0. The summed E-state index contributed by atoms with van der Waals surface area (Å²) in [5.74, 6) is 0. The van der Waals surface area contributed by atoms with E-state index in [0.717, 1.165) is 0 Å². The Hall–Kier alpha value is -2.88. The van der Waals surface area contributed by atoms with Gasteiger partial charge in [0.15, 0.2) is 5.69 Å². The van der Waals surface area contributed by atoms with Crippen LogP contribution < -0.4 is 4.65 Å². The Morgan fingerprint density at radius 2 is 1.70 bits per heavy atom. The van der Waals surface area contributed by atoms with Gasteiger partial charge < -0.3 is 9.72 Å². The Balaban J connectivity index is 1.68. The van der Waals surface area contributed by atoms with Crippen LogP contribution in [0.1, 0.15) is 26.5 Å². The predicted octanol–water partition coefficient (Wildman–Crippen LogP) is 4.26. The third-order valence-corrected chi connectivity index (χ3v) is 7.80. The summed E-state index contributed by atoms with van der Waals surface area (Å²) in [5.41, 5.74) is 1.08. The van der Waals surface area contributed by atoms with Crippen LogP contribution in [0.4, 0.5) is 10.5 Å². The number of amides is 1. The maximum absolute atomic E-state index is 13.4. The van der Waals surface area contributed by atoms with E-state index in [1.54, 1.807) is 60.4 Å². The predicted molar refractivity (Wildman–Crippen MR) is 126 cm³/mol. The number of ether oxygens (including phenoxy) is 1. The second-order valence-corrected chi connectivity index (χ2v) is 11.3. The molecule has 1 aromatic heterocycles. The van der Waals surface area contributed by atoms with Crippen molar-refractivity contribution in [3.63, 3.8) is 0 Å². The number of piperazine rings is 1. The summed E-state index contributed by atoms with van der Waals surface area (Å²) in [6.45, 7) is 8.33. The number of rotatable bonds is 3. The number of aromatic amines is 1. The topological polar surface area (TPSA) is 99.7 Å². The highest BCUT2D eigenvalue weighted by atomic mass is 32.2. The summed E-state index contributed by atoms with van der Waals surface area (Å²) in [6.07, 6.45) is -0.404. The summed E-state index contributed by atoms with van der Waals surface area (Å²) in [5, 5.41) is 12.0. The molecule has 33 heavy (non-hydrogen) atoms. The van der Waals surface area contributed by atoms with Crippen LogP contribution in [0.15, 0.2) is 58.3 Å². The molecule has 176 valence electrons. The Bertz CT molecular complexity index is 1280. The number of fused-ring (bicyclic) bond motifs is 1. The Morgan fingerprint density at radius 3 is 2.30 bits per heavy atom. The number of H-pyrrole nitrogens is 1. The van der Waals surface area contributed by atoms with Gasteiger partial charge in [-0.3, -0.25) is 4.90 Å². The Kier molecular flexibility index (Phi) is 5.76. The fourth-order valence-electron chi connectivity index (χ4n) is 4.26. The molecule has 1 fully saturated rings. The van der Waals surface area contributed by atoms with E-state index in [2.05, 4.69) is 4.98 Å². The number of carbonyl (C=O) groups is 1. The Labute approximate surface area is 193 Å². The third kappa shape index (κ3) is 4.36. The number of nitrogens with one attached hydrogen (secondary N) is 1. The maximum Gasteiger partial charge on any atom is 0.410 e. The van der Waals surface area contributed by atoms with Crippen molar-refractivity contribution in [2.24, 2.45) is 0 Å². The molecular formula is C24H30N3O5S+. The van der Waals surface area contributed by atoms with Crippen molar-refractivity contribution >= 4 is 32.5 Å². The van der Waals surface area contributed by atoms with Gasteiger partial charge in [-0.25, -0.2) is 18.4 Å². The number of hydrogen-bond acceptors (Lipinski definition) is 5. The van der Waals surface area contributed by atoms with E-state index in [-0.39, 0.29) is 22.9 Å². The normalized spacial score (nSPS) is 16.7. The number of sulfone groups is 1. The SMILES string of the molecule is Cc1[nH]c2c([N+]3(O)CCN(C(=O)OC(C)(C)C)CC3)cccc2c1S(=O)(=O)c1ccccc1. The van der Waals surface area contributed by atoms with Crippen molar-refractivity contribution in [3.8, 4) is 0 Å². The molecule has 2 aromatic carbocycles. The van der Waals surface area contributed by atoms with Crippen LogP contribution in [0, 0.1) is 6.92 Å². The van der Waals surface area contributed by atoms with Gasteiger partial charge in [0.1, 0.15) is 29.1 Å². The number of aryl methyl sites for hydroxylation is 1. The van der Waals surface area contributed by atoms with Crippen molar-refractivity contribution in [2.75, 3.05) is 26.2 Å². The number of carbonyl (C=O) groups excluding carboxylic acids is 1. The highest BCUT2D eigenvalue weighted by molar-refractivity contribution is 7.91. The average Bonchev–Trinajstić information content (AvgIpc) is 3.10. The van der Waals surface area contributed by atoms with Gasteiger partial charge in [0.25, 0.3) is 0 Å². The van der Waals surface area contributed by atoms with Gasteiger partial charge in [-0.05, 0) is 39.8 Å². The molecule has 9 heteroatoms. The Morgan fingerprint density at radius 1 is 1.06 bits per heavy atom. The minimum atomic E-state index is -3.75. The summed E-state index contributed by atoms with van der Waals surface area (Å²) < 4.78 is 31.8. The van der Waals surface area contributed by atoms with Gasteiger partial charge in [-0.15, -0.1) is 4.65 Å². The molecule has 0 atom stereocenters. The molecule has 1 aliphatic heterocycles. The molecule has 2 heterocycles. The van der Waals surface area contributed by atoms with Crippen LogP contribution in [0.3, 0.4) is 0 Å². The second kappa shape index (κ2) is 8.16. The first-order valence-electron chi connectivity index (χ1n) is 10.9. The van der Waals surface area contributed by atoms with Crippen LogP contribution >= 0.6 is 0 Å². The first-order chi connectivity index (χ1) is 15.4. The molecule has 1 aliphatic rings. The van der Waals surface area contributed by atoms with Gasteiger partial charge in [0.05, 0.1) is 18.0 Å². The lowest BCUT2D eigenvalue weighted by Crippen LogP contribution is -2.60. The standard InChI is InChI=1S/C24H30N3O5S/c1-17-22(33(30,31)18-9-6-5-7-10-18)19-11-8-12-20(21(19)25-17)27(29)15-13-26(14-16-27)23(28)32-24(2,3)4/h5-12,25,29H,13-16H2,1-4H3/q+1. The summed E-state index contributed by atoms with van der Waals surface area (Å²) in [7, 11) is -3.75. The first-order valence-corrected chi connectivity index (χ1v) is 12.4. The fourth-order valence-corrected chi connectivity index (χ4v) is 5.93. The van der Waals surface area contributed by atoms with E-state index in [4.69, 9.17) is 4.74 Å². The van der Waals surface area contributed by atoms with Crippen molar-refractivity contribution in [3.05, 3.63) is 54.2 Å². The van der Waals surface area contributed by atoms with E-state index in [0.29, 0.717) is 35.4 Å². The number of quaternary nitrogens is 1. The van der Waals surface area contributed by atoms with Crippen LogP contribution in [-0.2, 0) is 14.6 Å². The third-order valence-electron chi connectivity index (χ3n) is 5.84. The van der Waals surface area contributed by atoms with Crippen LogP contribution in [0.25, 0.3) is 10.9 Å². The number of benzene rings is 2. The summed E-state index contributed by atoms with van der Waals surface area (Å²) in [4.78, 5) is 17.6. The highest BCUT2D eigenvalue weighted by Gasteiger charge is 2.39. The molecule has 0 bridgehead atoms. The van der Waals surface area contributed by atoms with Gasteiger partial charge in [0.2, 0.25) is 9.84 Å². The molecule has 0 radical (unpaired) electrons. The van der Waals surface area contributed by atoms with E-state index >= 15 is 0 Å². The zero-order valence-electron chi connectivity index (χ0n) is 19.3. The average molecular weight is 473 g/mol. The quantitative estimate of drug-likeness (QED) is 0.555. The molecule has 8 nitrogen and oxygen atoms in total. The van der Waals surface area contributed by atoms with Crippen molar-refractivity contribution < 1.29 is 23.2 Å². The smallest absolute Gasteiger partial charge is 0.410 e. The molecule has 1 amide bonds. The van der Waals surface area contributed by atoms with E-state index in [9.17, 15) is 18.4 Å². The molecule has 1 saturated heterocycles. The molecular weight excluding hydrogens is 442 g/mol. The lowest BCUT2D eigenvalue weighted by atomic mass is 10.1. The number of hydrogen-bond donors (Lipinski definition) is 2. The lowest BCUT2D eigenvalue weighted by molar-refractivity contribution is -0.105. The number of para-hydroxylation sites is 1. The molecule has 0 saturated carbocycles. The van der Waals surface area contributed by atoms with Gasteiger partial charge in [0, 0.05) is 17.1 Å². The highest BCUT2D eigenvalue weighted by Crippen LogP contribution is 2.38. The fraction of sp³-hybridized carbons (Fsp3) is 0.375. The number of hydroxylamine groups is 2. The van der Waals surface area contributed by atoms with Crippen LogP contribution in [-0.4, -0.2) is 61.4 Å². The first kappa shape index (κ1) is 23.3. The molecule has 4 rings (SSSR count). The van der Waals surface area contributed by atoms with Gasteiger partial charge in [-0.2, -0.15) is 0 Å². The maximum atomic E-state index is 13.4.